The summed E-state index contributed by atoms with van der Waals surface area (Å²) in [6, 6.07) is 2.05. The van der Waals surface area contributed by atoms with Crippen molar-refractivity contribution in [3.63, 3.8) is 0 Å². The lowest BCUT2D eigenvalue weighted by Gasteiger charge is -2.12. The van der Waals surface area contributed by atoms with Crippen molar-refractivity contribution in [1.29, 1.82) is 0 Å². The van der Waals surface area contributed by atoms with Crippen LogP contribution >= 0.6 is 0 Å². The molecular formula is C10H14N2O. The molecule has 0 bridgehead atoms. The summed E-state index contributed by atoms with van der Waals surface area (Å²) in [7, 11) is 0. The summed E-state index contributed by atoms with van der Waals surface area (Å²) in [6.45, 7) is 3.71. The maximum Gasteiger partial charge on any atom is 0.126 e. The maximum absolute atomic E-state index is 5.74. The van der Waals surface area contributed by atoms with Crippen LogP contribution in [0.25, 0.3) is 0 Å². The van der Waals surface area contributed by atoms with Gasteiger partial charge in [0.25, 0.3) is 0 Å². The molecule has 13 heavy (non-hydrogen) atoms. The third-order valence-corrected chi connectivity index (χ3v) is 2.65. The Hall–Kier alpha value is -1.09. The van der Waals surface area contributed by atoms with Gasteiger partial charge in [0.1, 0.15) is 5.82 Å². The average molecular weight is 178 g/mol. The standard InChI is InChI=1S/C10H14N2O/c1-7-9(2-4-12-10(7)11)8-3-5-13-6-8/h2,4,8H,3,5-6H2,1H3,(H2,11,12). The highest BCUT2D eigenvalue weighted by atomic mass is 16.5. The Kier molecular flexibility index (Phi) is 2.19. The van der Waals surface area contributed by atoms with Gasteiger partial charge in [-0.1, -0.05) is 0 Å². The van der Waals surface area contributed by atoms with E-state index in [9.17, 15) is 0 Å². The number of nitrogens with two attached hydrogens (primary N) is 1. The fourth-order valence-electron chi connectivity index (χ4n) is 1.79. The van der Waals surface area contributed by atoms with Crippen LogP contribution in [0.2, 0.25) is 0 Å². The van der Waals surface area contributed by atoms with Crippen LogP contribution in [-0.2, 0) is 4.74 Å². The van der Waals surface area contributed by atoms with Crippen LogP contribution in [-0.4, -0.2) is 18.2 Å². The third kappa shape index (κ3) is 1.52. The van der Waals surface area contributed by atoms with Gasteiger partial charge in [0, 0.05) is 18.7 Å². The quantitative estimate of drug-likeness (QED) is 0.708. The Balaban J connectivity index is 2.33. The second-order valence-electron chi connectivity index (χ2n) is 3.47. The lowest BCUT2D eigenvalue weighted by Crippen LogP contribution is -2.04. The molecule has 1 aliphatic heterocycles. The molecule has 3 nitrogen and oxygen atoms in total. The second-order valence-corrected chi connectivity index (χ2v) is 3.47. The Labute approximate surface area is 77.9 Å². The minimum atomic E-state index is 0.519. The monoisotopic (exact) mass is 178 g/mol. The van der Waals surface area contributed by atoms with Gasteiger partial charge in [-0.25, -0.2) is 4.98 Å². The van der Waals surface area contributed by atoms with E-state index >= 15 is 0 Å². The topological polar surface area (TPSA) is 48.1 Å². The smallest absolute Gasteiger partial charge is 0.126 e. The Morgan fingerprint density at radius 1 is 1.62 bits per heavy atom. The molecule has 0 amide bonds. The molecule has 1 atom stereocenters. The van der Waals surface area contributed by atoms with Gasteiger partial charge in [0.05, 0.1) is 6.61 Å². The molecular weight excluding hydrogens is 164 g/mol. The highest BCUT2D eigenvalue weighted by molar-refractivity contribution is 5.44. The third-order valence-electron chi connectivity index (χ3n) is 2.65. The van der Waals surface area contributed by atoms with E-state index in [1.165, 1.54) is 5.56 Å². The fraction of sp³-hybridized carbons (Fsp3) is 0.500. The van der Waals surface area contributed by atoms with E-state index in [4.69, 9.17) is 10.5 Å². The molecule has 0 aliphatic carbocycles. The highest BCUT2D eigenvalue weighted by Crippen LogP contribution is 2.28. The lowest BCUT2D eigenvalue weighted by atomic mass is 9.95. The van der Waals surface area contributed by atoms with Crippen molar-refractivity contribution in [2.75, 3.05) is 18.9 Å². The summed E-state index contributed by atoms with van der Waals surface area (Å²) in [5, 5.41) is 0. The Morgan fingerprint density at radius 2 is 2.46 bits per heavy atom. The zero-order valence-electron chi connectivity index (χ0n) is 7.79. The number of anilines is 1. The molecule has 1 aromatic heterocycles. The van der Waals surface area contributed by atoms with Crippen LogP contribution in [0.5, 0.6) is 0 Å². The van der Waals surface area contributed by atoms with Gasteiger partial charge in [-0.05, 0) is 30.5 Å². The van der Waals surface area contributed by atoms with Gasteiger partial charge in [-0.15, -0.1) is 0 Å². The summed E-state index contributed by atoms with van der Waals surface area (Å²) in [6.07, 6.45) is 2.88. The van der Waals surface area contributed by atoms with Crippen LogP contribution in [0.1, 0.15) is 23.5 Å². The van der Waals surface area contributed by atoms with Gasteiger partial charge >= 0.3 is 0 Å². The molecule has 3 heteroatoms. The van der Waals surface area contributed by atoms with Gasteiger partial charge < -0.3 is 10.5 Å². The predicted octanol–water partition coefficient (Wildman–Crippen LogP) is 1.48. The van der Waals surface area contributed by atoms with Gasteiger partial charge in [0.2, 0.25) is 0 Å². The Morgan fingerprint density at radius 3 is 3.15 bits per heavy atom. The summed E-state index contributed by atoms with van der Waals surface area (Å²) >= 11 is 0. The lowest BCUT2D eigenvalue weighted by molar-refractivity contribution is 0.194. The summed E-state index contributed by atoms with van der Waals surface area (Å²) in [5.74, 6) is 1.16. The summed E-state index contributed by atoms with van der Waals surface area (Å²) in [5.41, 5.74) is 8.14. The van der Waals surface area contributed by atoms with Crippen LogP contribution in [0, 0.1) is 6.92 Å². The van der Waals surface area contributed by atoms with Gasteiger partial charge in [-0.3, -0.25) is 0 Å². The van der Waals surface area contributed by atoms with Gasteiger partial charge in [0.15, 0.2) is 0 Å². The number of hydrogen-bond donors (Lipinski definition) is 1. The van der Waals surface area contributed by atoms with Crippen molar-refractivity contribution < 1.29 is 4.74 Å². The number of nitrogens with zero attached hydrogens (tertiary/aromatic N) is 1. The molecule has 1 saturated heterocycles. The number of aromatic nitrogens is 1. The molecule has 0 spiro atoms. The van der Waals surface area contributed by atoms with E-state index in [1.54, 1.807) is 6.20 Å². The molecule has 70 valence electrons. The molecule has 2 N–H and O–H groups in total. The van der Waals surface area contributed by atoms with Crippen LogP contribution in [0.3, 0.4) is 0 Å². The number of hydrogen-bond acceptors (Lipinski definition) is 3. The van der Waals surface area contributed by atoms with Crippen LogP contribution < -0.4 is 5.73 Å². The molecule has 2 rings (SSSR count). The van der Waals surface area contributed by atoms with E-state index in [2.05, 4.69) is 4.98 Å². The number of rotatable bonds is 1. The van der Waals surface area contributed by atoms with E-state index in [-0.39, 0.29) is 0 Å². The Bertz CT molecular complexity index is 306. The molecule has 0 aromatic carbocycles. The molecule has 2 heterocycles. The van der Waals surface area contributed by atoms with E-state index in [0.717, 1.165) is 25.2 Å². The van der Waals surface area contributed by atoms with E-state index < -0.39 is 0 Å². The molecule has 1 aromatic rings. The second kappa shape index (κ2) is 3.34. The number of ether oxygens (including phenoxy) is 1. The first kappa shape index (κ1) is 8.51. The van der Waals surface area contributed by atoms with E-state index in [0.29, 0.717) is 11.7 Å². The normalized spacial score (nSPS) is 22.1. The van der Waals surface area contributed by atoms with Crippen molar-refractivity contribution in [2.45, 2.75) is 19.3 Å². The highest BCUT2D eigenvalue weighted by Gasteiger charge is 2.19. The zero-order chi connectivity index (χ0) is 9.26. The van der Waals surface area contributed by atoms with Crippen molar-refractivity contribution in [3.8, 4) is 0 Å². The molecule has 0 radical (unpaired) electrons. The zero-order valence-corrected chi connectivity index (χ0v) is 7.79. The van der Waals surface area contributed by atoms with Crippen molar-refractivity contribution in [2.24, 2.45) is 0 Å². The first-order valence-corrected chi connectivity index (χ1v) is 4.58. The minimum absolute atomic E-state index is 0.519. The maximum atomic E-state index is 5.74. The first-order chi connectivity index (χ1) is 6.29. The molecule has 0 saturated carbocycles. The largest absolute Gasteiger partial charge is 0.383 e. The number of pyridine rings is 1. The van der Waals surface area contributed by atoms with Crippen LogP contribution in [0.15, 0.2) is 12.3 Å². The van der Waals surface area contributed by atoms with Crippen LogP contribution in [0.4, 0.5) is 5.82 Å². The predicted molar refractivity (Wildman–Crippen MR) is 51.6 cm³/mol. The van der Waals surface area contributed by atoms with Crippen molar-refractivity contribution >= 4 is 5.82 Å². The summed E-state index contributed by atoms with van der Waals surface area (Å²) < 4.78 is 5.35. The van der Waals surface area contributed by atoms with E-state index in [1.807, 2.05) is 13.0 Å². The molecule has 1 fully saturated rings. The first-order valence-electron chi connectivity index (χ1n) is 4.58. The summed E-state index contributed by atoms with van der Waals surface area (Å²) in [4.78, 5) is 4.05. The SMILES string of the molecule is Cc1c(C2CCOC2)ccnc1N. The molecule has 1 aliphatic rings. The fourth-order valence-corrected chi connectivity index (χ4v) is 1.79. The van der Waals surface area contributed by atoms with Crippen molar-refractivity contribution in [3.05, 3.63) is 23.4 Å². The minimum Gasteiger partial charge on any atom is -0.383 e. The molecule has 1 unspecified atom stereocenters. The van der Waals surface area contributed by atoms with Crippen molar-refractivity contribution in [1.82, 2.24) is 4.98 Å². The average Bonchev–Trinajstić information content (AvgIpc) is 2.62. The van der Waals surface area contributed by atoms with Gasteiger partial charge in [-0.2, -0.15) is 0 Å². The number of nitrogen functional groups attached to an aromatic ring is 1.